The van der Waals surface area contributed by atoms with E-state index in [4.69, 9.17) is 4.74 Å². The number of hydrogen-bond acceptors (Lipinski definition) is 3. The molecule has 0 unspecified atom stereocenters. The number of nitrogens with zero attached hydrogens (tertiary/aromatic N) is 1. The van der Waals surface area contributed by atoms with Gasteiger partial charge in [0.25, 0.3) is 5.91 Å². The van der Waals surface area contributed by atoms with Crippen LogP contribution in [0.15, 0.2) is 48.5 Å². The molecule has 0 aliphatic carbocycles. The fourth-order valence-electron chi connectivity index (χ4n) is 3.65. The number of hydrogen-bond donors (Lipinski definition) is 1. The second kappa shape index (κ2) is 7.20. The lowest BCUT2D eigenvalue weighted by Crippen LogP contribution is -2.49. The maximum atomic E-state index is 12.9. The van der Waals surface area contributed by atoms with Gasteiger partial charge in [-0.25, -0.2) is 0 Å². The Labute approximate surface area is 153 Å². The van der Waals surface area contributed by atoms with Gasteiger partial charge in [-0.1, -0.05) is 30.3 Å². The van der Waals surface area contributed by atoms with E-state index in [1.807, 2.05) is 43.3 Å². The smallest absolute Gasteiger partial charge is 0.314 e. The number of rotatable bonds is 4. The van der Waals surface area contributed by atoms with Crippen molar-refractivity contribution >= 4 is 11.9 Å². The van der Waals surface area contributed by atoms with Gasteiger partial charge in [0.2, 0.25) is 0 Å². The lowest BCUT2D eigenvalue weighted by atomic mass is 9.72. The van der Waals surface area contributed by atoms with E-state index in [1.54, 1.807) is 24.1 Å². The monoisotopic (exact) mass is 353 g/mol. The van der Waals surface area contributed by atoms with Crippen LogP contribution in [0, 0.1) is 6.92 Å². The third-order valence-corrected chi connectivity index (χ3v) is 5.30. The molecule has 1 saturated heterocycles. The van der Waals surface area contributed by atoms with E-state index in [0.29, 0.717) is 37.2 Å². The molecule has 0 bridgehead atoms. The molecule has 1 aliphatic heterocycles. The number of carbonyl (C=O) groups is 2. The molecule has 1 heterocycles. The zero-order valence-electron chi connectivity index (χ0n) is 15.1. The minimum Gasteiger partial charge on any atom is -0.497 e. The zero-order valence-corrected chi connectivity index (χ0v) is 15.1. The van der Waals surface area contributed by atoms with E-state index < -0.39 is 11.4 Å². The average Bonchev–Trinajstić information content (AvgIpc) is 2.68. The second-order valence-electron chi connectivity index (χ2n) is 6.73. The highest BCUT2D eigenvalue weighted by Gasteiger charge is 2.44. The van der Waals surface area contributed by atoms with Crippen LogP contribution in [0.5, 0.6) is 5.75 Å². The van der Waals surface area contributed by atoms with E-state index in [-0.39, 0.29) is 5.91 Å². The second-order valence-corrected chi connectivity index (χ2v) is 6.73. The summed E-state index contributed by atoms with van der Waals surface area (Å²) in [4.78, 5) is 26.7. The maximum absolute atomic E-state index is 12.9. The van der Waals surface area contributed by atoms with Gasteiger partial charge in [-0.3, -0.25) is 9.59 Å². The highest BCUT2D eigenvalue weighted by molar-refractivity contribution is 5.96. The molecule has 0 aromatic heterocycles. The Morgan fingerprint density at radius 2 is 1.73 bits per heavy atom. The van der Waals surface area contributed by atoms with E-state index >= 15 is 0 Å². The Balaban J connectivity index is 1.79. The number of aryl methyl sites for hydroxylation is 1. The number of benzene rings is 2. The molecule has 3 rings (SSSR count). The lowest BCUT2D eigenvalue weighted by molar-refractivity contribution is -0.145. The van der Waals surface area contributed by atoms with Crippen LogP contribution in [0.1, 0.15) is 34.3 Å². The molecule has 1 N–H and O–H groups in total. The Hall–Kier alpha value is -2.82. The Morgan fingerprint density at radius 1 is 1.08 bits per heavy atom. The molecule has 26 heavy (non-hydrogen) atoms. The molecule has 2 aromatic rings. The summed E-state index contributed by atoms with van der Waals surface area (Å²) in [5.41, 5.74) is 1.37. The largest absolute Gasteiger partial charge is 0.497 e. The molecule has 0 radical (unpaired) electrons. The molecule has 5 nitrogen and oxygen atoms in total. The Morgan fingerprint density at radius 3 is 2.27 bits per heavy atom. The molecule has 0 spiro atoms. The van der Waals surface area contributed by atoms with E-state index in [0.717, 1.165) is 11.1 Å². The third-order valence-electron chi connectivity index (χ3n) is 5.30. The van der Waals surface area contributed by atoms with Crippen molar-refractivity contribution in [2.45, 2.75) is 25.2 Å². The van der Waals surface area contributed by atoms with Gasteiger partial charge in [0.05, 0.1) is 12.5 Å². The highest BCUT2D eigenvalue weighted by Crippen LogP contribution is 2.36. The van der Waals surface area contributed by atoms with Crippen molar-refractivity contribution in [2.24, 2.45) is 0 Å². The van der Waals surface area contributed by atoms with Crippen LogP contribution in [0.25, 0.3) is 0 Å². The molecule has 1 fully saturated rings. The van der Waals surface area contributed by atoms with Crippen molar-refractivity contribution < 1.29 is 19.4 Å². The van der Waals surface area contributed by atoms with Gasteiger partial charge in [0, 0.05) is 18.7 Å². The third kappa shape index (κ3) is 3.17. The quantitative estimate of drug-likeness (QED) is 0.916. The molecule has 1 amide bonds. The molecule has 5 heteroatoms. The summed E-state index contributed by atoms with van der Waals surface area (Å²) >= 11 is 0. The molecule has 136 valence electrons. The lowest BCUT2D eigenvalue weighted by Gasteiger charge is -2.39. The van der Waals surface area contributed by atoms with Gasteiger partial charge < -0.3 is 14.7 Å². The van der Waals surface area contributed by atoms with Crippen LogP contribution in [0.3, 0.4) is 0 Å². The summed E-state index contributed by atoms with van der Waals surface area (Å²) in [6, 6.07) is 14.7. The van der Waals surface area contributed by atoms with Crippen LogP contribution in [-0.2, 0) is 10.2 Å². The van der Waals surface area contributed by atoms with Crippen LogP contribution in [0.4, 0.5) is 0 Å². The SMILES string of the molecule is COc1ccc(C(=O)N2CCC(C(=O)O)(c3ccccc3)CC2)c(C)c1. The molecule has 2 aromatic carbocycles. The Kier molecular flexibility index (Phi) is 4.98. The maximum Gasteiger partial charge on any atom is 0.314 e. The van der Waals surface area contributed by atoms with Crippen LogP contribution >= 0.6 is 0 Å². The van der Waals surface area contributed by atoms with Crippen molar-refractivity contribution in [1.82, 2.24) is 4.90 Å². The van der Waals surface area contributed by atoms with Gasteiger partial charge in [-0.2, -0.15) is 0 Å². The number of methoxy groups -OCH3 is 1. The summed E-state index contributed by atoms with van der Waals surface area (Å²) in [6.45, 7) is 2.72. The van der Waals surface area contributed by atoms with E-state index in [1.165, 1.54) is 0 Å². The topological polar surface area (TPSA) is 66.8 Å². The first-order valence-electron chi connectivity index (χ1n) is 8.71. The summed E-state index contributed by atoms with van der Waals surface area (Å²) in [5.74, 6) is -0.166. The standard InChI is InChI=1S/C21H23NO4/c1-15-14-17(26-2)8-9-18(15)19(23)22-12-10-21(11-13-22,20(24)25)16-6-4-3-5-7-16/h3-9,14H,10-13H2,1-2H3,(H,24,25). The summed E-state index contributed by atoms with van der Waals surface area (Å²) in [7, 11) is 1.59. The number of carboxylic acid groups (broad SMARTS) is 1. The number of amides is 1. The van der Waals surface area contributed by atoms with E-state index in [2.05, 4.69) is 0 Å². The number of carbonyl (C=O) groups excluding carboxylic acids is 1. The van der Waals surface area contributed by atoms with Gasteiger partial charge in [0.15, 0.2) is 0 Å². The predicted octanol–water partition coefficient (Wildman–Crippen LogP) is 3.26. The number of likely N-dealkylation sites (tertiary alicyclic amines) is 1. The zero-order chi connectivity index (χ0) is 18.7. The number of piperidine rings is 1. The summed E-state index contributed by atoms with van der Waals surface area (Å²) in [6.07, 6.45) is 0.820. The minimum absolute atomic E-state index is 0.0581. The van der Waals surface area contributed by atoms with Crippen LogP contribution in [0.2, 0.25) is 0 Å². The average molecular weight is 353 g/mol. The van der Waals surface area contributed by atoms with Crippen LogP contribution in [-0.4, -0.2) is 42.1 Å². The van der Waals surface area contributed by atoms with Gasteiger partial charge in [-0.05, 0) is 49.1 Å². The minimum atomic E-state index is -0.924. The molecule has 1 aliphatic rings. The first kappa shape index (κ1) is 18.0. The summed E-state index contributed by atoms with van der Waals surface area (Å²) < 4.78 is 5.19. The molecule has 0 saturated carbocycles. The van der Waals surface area contributed by atoms with Crippen LogP contribution < -0.4 is 4.74 Å². The van der Waals surface area contributed by atoms with Gasteiger partial charge >= 0.3 is 5.97 Å². The number of aliphatic carboxylic acids is 1. The van der Waals surface area contributed by atoms with E-state index in [9.17, 15) is 14.7 Å². The van der Waals surface area contributed by atoms with Crippen molar-refractivity contribution in [2.75, 3.05) is 20.2 Å². The van der Waals surface area contributed by atoms with Crippen molar-refractivity contribution in [1.29, 1.82) is 0 Å². The Bertz CT molecular complexity index is 808. The molecule has 0 atom stereocenters. The number of carboxylic acids is 1. The predicted molar refractivity (Wildman–Crippen MR) is 98.6 cm³/mol. The van der Waals surface area contributed by atoms with Gasteiger partial charge in [-0.15, -0.1) is 0 Å². The number of ether oxygens (including phenoxy) is 1. The fraction of sp³-hybridized carbons (Fsp3) is 0.333. The van der Waals surface area contributed by atoms with Crippen molar-refractivity contribution in [3.63, 3.8) is 0 Å². The highest BCUT2D eigenvalue weighted by atomic mass is 16.5. The van der Waals surface area contributed by atoms with Gasteiger partial charge in [0.1, 0.15) is 5.75 Å². The fourth-order valence-corrected chi connectivity index (χ4v) is 3.65. The molecular weight excluding hydrogens is 330 g/mol. The summed E-state index contributed by atoms with van der Waals surface area (Å²) in [5, 5.41) is 9.87. The first-order valence-corrected chi connectivity index (χ1v) is 8.71. The van der Waals surface area contributed by atoms with Crippen molar-refractivity contribution in [3.05, 3.63) is 65.2 Å². The normalized spacial score (nSPS) is 16.2. The van der Waals surface area contributed by atoms with Crippen molar-refractivity contribution in [3.8, 4) is 5.75 Å². The first-order chi connectivity index (χ1) is 12.5. The molecular formula is C21H23NO4.